The standard InChI is InChI=1S/C32H49N5O7/c1-4-6-8-17-33-27(39)21-44-23-15-13-22(14-16-23)20-25-30(42)37-18-10-12-26(37)29(41)34-24(11-7-9-19-38)28(40)36-32(3,5-2)31(43)35-25/h13-16,24-26,38H,4-12,17-21H2,1-3H3,(H,33,39)(H,34,41)(H,35,43)(H,36,40)/t24-,25-,26+,32-/m0/s1. The van der Waals surface area contributed by atoms with Gasteiger partial charge in [0.1, 0.15) is 29.4 Å². The summed E-state index contributed by atoms with van der Waals surface area (Å²) >= 11 is 0. The monoisotopic (exact) mass is 615 g/mol. The lowest BCUT2D eigenvalue weighted by molar-refractivity contribution is -0.144. The summed E-state index contributed by atoms with van der Waals surface area (Å²) in [5.41, 5.74) is -0.577. The van der Waals surface area contributed by atoms with Crippen LogP contribution in [-0.2, 0) is 30.4 Å². The van der Waals surface area contributed by atoms with Crippen molar-refractivity contribution < 1.29 is 33.8 Å². The minimum absolute atomic E-state index is 0.0320. The Morgan fingerprint density at radius 2 is 1.77 bits per heavy atom. The van der Waals surface area contributed by atoms with Crippen molar-refractivity contribution in [3.05, 3.63) is 29.8 Å². The fourth-order valence-electron chi connectivity index (χ4n) is 5.44. The highest BCUT2D eigenvalue weighted by molar-refractivity contribution is 5.99. The van der Waals surface area contributed by atoms with Crippen molar-refractivity contribution in [1.29, 1.82) is 0 Å². The topological polar surface area (TPSA) is 166 Å². The molecular formula is C32H49N5O7. The normalized spacial score (nSPS) is 24.4. The molecule has 2 aliphatic rings. The molecule has 2 heterocycles. The lowest BCUT2D eigenvalue weighted by Gasteiger charge is -2.36. The summed E-state index contributed by atoms with van der Waals surface area (Å²) in [4.78, 5) is 67.8. The fraction of sp³-hybridized carbons (Fsp3) is 0.656. The predicted octanol–water partition coefficient (Wildman–Crippen LogP) is 1.34. The zero-order valence-electron chi connectivity index (χ0n) is 26.3. The third-order valence-corrected chi connectivity index (χ3v) is 8.42. The number of fused-ring (bicyclic) bond motifs is 1. The Balaban J connectivity index is 1.77. The minimum atomic E-state index is -1.33. The van der Waals surface area contributed by atoms with Gasteiger partial charge in [0.25, 0.3) is 5.91 Å². The van der Waals surface area contributed by atoms with Gasteiger partial charge in [-0.2, -0.15) is 0 Å². The summed E-state index contributed by atoms with van der Waals surface area (Å²) in [5.74, 6) is -1.43. The molecule has 2 aliphatic heterocycles. The molecule has 0 bridgehead atoms. The van der Waals surface area contributed by atoms with Crippen molar-refractivity contribution in [1.82, 2.24) is 26.2 Å². The van der Waals surface area contributed by atoms with Crippen molar-refractivity contribution in [2.24, 2.45) is 0 Å². The number of unbranched alkanes of at least 4 members (excludes halogenated alkanes) is 3. The summed E-state index contributed by atoms with van der Waals surface area (Å²) in [5, 5.41) is 20.5. The Labute approximate surface area is 260 Å². The second-order valence-corrected chi connectivity index (χ2v) is 11.9. The van der Waals surface area contributed by atoms with E-state index in [4.69, 9.17) is 4.74 Å². The molecule has 3 rings (SSSR count). The molecule has 0 unspecified atom stereocenters. The first kappa shape index (κ1) is 34.8. The third kappa shape index (κ3) is 9.67. The van der Waals surface area contributed by atoms with Gasteiger partial charge in [-0.1, -0.05) is 38.8 Å². The maximum absolute atomic E-state index is 13.9. The van der Waals surface area contributed by atoms with Crippen LogP contribution in [0, 0.1) is 0 Å². The zero-order chi connectivity index (χ0) is 32.1. The second-order valence-electron chi connectivity index (χ2n) is 11.9. The highest BCUT2D eigenvalue weighted by Gasteiger charge is 2.43. The predicted molar refractivity (Wildman–Crippen MR) is 165 cm³/mol. The highest BCUT2D eigenvalue weighted by Crippen LogP contribution is 2.23. The molecule has 0 aromatic heterocycles. The Morgan fingerprint density at radius 3 is 2.45 bits per heavy atom. The SMILES string of the molecule is CCCCCNC(=O)COc1ccc(C[C@@H]2NC(=O)[C@](C)(CC)NC(=O)[C@H](CCCCO)NC(=O)[C@H]3CCCN3C2=O)cc1. The summed E-state index contributed by atoms with van der Waals surface area (Å²) < 4.78 is 5.61. The van der Waals surface area contributed by atoms with E-state index in [0.717, 1.165) is 24.8 Å². The number of nitrogens with one attached hydrogen (secondary N) is 4. The summed E-state index contributed by atoms with van der Waals surface area (Å²) in [7, 11) is 0. The van der Waals surface area contributed by atoms with E-state index in [0.29, 0.717) is 50.9 Å². The van der Waals surface area contributed by atoms with Crippen LogP contribution >= 0.6 is 0 Å². The molecule has 1 aromatic carbocycles. The fourth-order valence-corrected chi connectivity index (χ4v) is 5.44. The van der Waals surface area contributed by atoms with Crippen LogP contribution in [0.4, 0.5) is 0 Å². The third-order valence-electron chi connectivity index (χ3n) is 8.42. The van der Waals surface area contributed by atoms with Gasteiger partial charge in [0.15, 0.2) is 6.61 Å². The zero-order valence-corrected chi connectivity index (χ0v) is 26.3. The average molecular weight is 616 g/mol. The number of rotatable bonds is 14. The lowest BCUT2D eigenvalue weighted by atomic mass is 9.94. The number of benzene rings is 1. The Hall–Kier alpha value is -3.67. The molecule has 12 nitrogen and oxygen atoms in total. The Morgan fingerprint density at radius 1 is 1.02 bits per heavy atom. The summed E-state index contributed by atoms with van der Waals surface area (Å²) in [6.45, 7) is 6.31. The van der Waals surface area contributed by atoms with E-state index in [1.807, 2.05) is 0 Å². The van der Waals surface area contributed by atoms with E-state index in [2.05, 4.69) is 28.2 Å². The van der Waals surface area contributed by atoms with Crippen LogP contribution in [0.5, 0.6) is 5.75 Å². The molecular weight excluding hydrogens is 566 g/mol. The van der Waals surface area contributed by atoms with Gasteiger partial charge in [0.2, 0.25) is 23.6 Å². The van der Waals surface area contributed by atoms with E-state index in [-0.39, 0.29) is 37.9 Å². The highest BCUT2D eigenvalue weighted by atomic mass is 16.5. The Bertz CT molecular complexity index is 1140. The van der Waals surface area contributed by atoms with Crippen molar-refractivity contribution in [2.45, 2.75) is 109 Å². The van der Waals surface area contributed by atoms with Crippen molar-refractivity contribution in [2.75, 3.05) is 26.3 Å². The van der Waals surface area contributed by atoms with Gasteiger partial charge >= 0.3 is 0 Å². The van der Waals surface area contributed by atoms with Crippen molar-refractivity contribution in [3.8, 4) is 5.75 Å². The molecule has 44 heavy (non-hydrogen) atoms. The van der Waals surface area contributed by atoms with E-state index >= 15 is 0 Å². The molecule has 244 valence electrons. The number of aliphatic hydroxyl groups excluding tert-OH is 1. The number of carbonyl (C=O) groups excluding carboxylic acids is 5. The number of aliphatic hydroxyl groups is 1. The molecule has 5 amide bonds. The van der Waals surface area contributed by atoms with Crippen LogP contribution in [0.25, 0.3) is 0 Å². The molecule has 2 saturated heterocycles. The van der Waals surface area contributed by atoms with Gasteiger partial charge in [-0.25, -0.2) is 0 Å². The van der Waals surface area contributed by atoms with Gasteiger partial charge in [-0.05, 0) is 69.6 Å². The number of hydrogen-bond donors (Lipinski definition) is 5. The molecule has 0 aliphatic carbocycles. The van der Waals surface area contributed by atoms with Crippen LogP contribution in [0.1, 0.15) is 84.1 Å². The van der Waals surface area contributed by atoms with Crippen LogP contribution in [-0.4, -0.2) is 89.5 Å². The molecule has 0 spiro atoms. The van der Waals surface area contributed by atoms with Crippen molar-refractivity contribution in [3.63, 3.8) is 0 Å². The van der Waals surface area contributed by atoms with Gasteiger partial charge in [0, 0.05) is 26.1 Å². The average Bonchev–Trinajstić information content (AvgIpc) is 3.51. The van der Waals surface area contributed by atoms with E-state index in [1.165, 1.54) is 4.90 Å². The van der Waals surface area contributed by atoms with Gasteiger partial charge in [-0.3, -0.25) is 24.0 Å². The number of nitrogens with zero attached hydrogens (tertiary/aromatic N) is 1. The van der Waals surface area contributed by atoms with Crippen LogP contribution in [0.2, 0.25) is 0 Å². The first-order chi connectivity index (χ1) is 21.1. The van der Waals surface area contributed by atoms with Crippen LogP contribution in [0.15, 0.2) is 24.3 Å². The Kier molecular flexibility index (Phi) is 13.4. The van der Waals surface area contributed by atoms with E-state index in [1.54, 1.807) is 38.1 Å². The molecule has 12 heteroatoms. The van der Waals surface area contributed by atoms with E-state index in [9.17, 15) is 29.1 Å². The molecule has 4 atom stereocenters. The number of hydrogen-bond acceptors (Lipinski definition) is 7. The summed E-state index contributed by atoms with van der Waals surface area (Å²) in [6, 6.07) is 4.34. The van der Waals surface area contributed by atoms with Crippen molar-refractivity contribution >= 4 is 29.5 Å². The smallest absolute Gasteiger partial charge is 0.257 e. The number of carbonyl (C=O) groups is 5. The molecule has 5 N–H and O–H groups in total. The lowest BCUT2D eigenvalue weighted by Crippen LogP contribution is -2.65. The van der Waals surface area contributed by atoms with Gasteiger partial charge in [-0.15, -0.1) is 0 Å². The van der Waals surface area contributed by atoms with E-state index < -0.39 is 41.4 Å². The minimum Gasteiger partial charge on any atom is -0.484 e. The number of ether oxygens (including phenoxy) is 1. The molecule has 2 fully saturated rings. The molecule has 0 saturated carbocycles. The maximum atomic E-state index is 13.9. The van der Waals surface area contributed by atoms with Gasteiger partial charge in [0.05, 0.1) is 0 Å². The molecule has 0 radical (unpaired) electrons. The summed E-state index contributed by atoms with van der Waals surface area (Å²) in [6.07, 6.45) is 5.82. The maximum Gasteiger partial charge on any atom is 0.257 e. The first-order valence-electron chi connectivity index (χ1n) is 15.9. The number of amides is 5. The largest absolute Gasteiger partial charge is 0.484 e. The first-order valence-corrected chi connectivity index (χ1v) is 15.9. The van der Waals surface area contributed by atoms with Crippen LogP contribution < -0.4 is 26.0 Å². The molecule has 1 aromatic rings. The van der Waals surface area contributed by atoms with Crippen LogP contribution in [0.3, 0.4) is 0 Å². The second kappa shape index (κ2) is 17.0. The van der Waals surface area contributed by atoms with Gasteiger partial charge < -0.3 is 36.0 Å². The quantitative estimate of drug-likeness (QED) is 0.197.